The Morgan fingerprint density at radius 2 is 2.27 bits per heavy atom. The van der Waals surface area contributed by atoms with Gasteiger partial charge in [0.15, 0.2) is 0 Å². The van der Waals surface area contributed by atoms with E-state index < -0.39 is 9.05 Å². The van der Waals surface area contributed by atoms with Gasteiger partial charge in [0.25, 0.3) is 0 Å². The first kappa shape index (κ1) is 9.29. The van der Waals surface area contributed by atoms with Crippen LogP contribution in [0.1, 0.15) is 13.3 Å². The molecule has 0 amide bonds. The van der Waals surface area contributed by atoms with E-state index in [1.807, 2.05) is 6.92 Å². The number of hydrogen-bond acceptors (Lipinski definition) is 3. The zero-order valence-corrected chi connectivity index (χ0v) is 7.86. The molecule has 0 spiro atoms. The maximum absolute atomic E-state index is 10.6. The van der Waals surface area contributed by atoms with E-state index >= 15 is 0 Å². The van der Waals surface area contributed by atoms with Crippen molar-refractivity contribution in [2.24, 2.45) is 5.92 Å². The summed E-state index contributed by atoms with van der Waals surface area (Å²) in [7, 11) is 1.67. The molecule has 0 N–H and O–H groups in total. The second-order valence-electron chi connectivity index (χ2n) is 3.00. The Balaban J connectivity index is 2.41. The molecule has 1 rings (SSSR count). The molecule has 0 saturated carbocycles. The topological polar surface area (TPSA) is 43.4 Å². The van der Waals surface area contributed by atoms with E-state index in [1.165, 1.54) is 0 Å². The van der Waals surface area contributed by atoms with Crippen molar-refractivity contribution < 1.29 is 13.2 Å². The number of halogens is 1. The molecule has 2 atom stereocenters. The minimum absolute atomic E-state index is 0.0567. The standard InChI is InChI=1S/C6H11ClO3S/c1-5-2-6(10-3-5)4-11(7,8)9/h5-6H,2-4H2,1H3. The second-order valence-corrected chi connectivity index (χ2v) is 5.82. The highest BCUT2D eigenvalue weighted by Gasteiger charge is 2.25. The SMILES string of the molecule is CC1COC(CS(=O)(=O)Cl)C1. The van der Waals surface area contributed by atoms with Crippen molar-refractivity contribution in [2.75, 3.05) is 12.4 Å². The van der Waals surface area contributed by atoms with Crippen LogP contribution >= 0.6 is 10.7 Å². The molecule has 0 radical (unpaired) electrons. The lowest BCUT2D eigenvalue weighted by molar-refractivity contribution is 0.123. The highest BCUT2D eigenvalue weighted by atomic mass is 35.7. The summed E-state index contributed by atoms with van der Waals surface area (Å²) in [5.41, 5.74) is 0. The van der Waals surface area contributed by atoms with Crippen molar-refractivity contribution in [3.63, 3.8) is 0 Å². The predicted octanol–water partition coefficient (Wildman–Crippen LogP) is 0.980. The average Bonchev–Trinajstić information content (AvgIpc) is 2.10. The summed E-state index contributed by atoms with van der Waals surface area (Å²) in [6, 6.07) is 0. The molecule has 5 heteroatoms. The monoisotopic (exact) mass is 198 g/mol. The minimum Gasteiger partial charge on any atom is -0.377 e. The smallest absolute Gasteiger partial charge is 0.235 e. The molecule has 1 fully saturated rings. The van der Waals surface area contributed by atoms with Crippen molar-refractivity contribution in [3.8, 4) is 0 Å². The molecule has 0 aromatic heterocycles. The third kappa shape index (κ3) is 3.40. The van der Waals surface area contributed by atoms with Crippen LogP contribution < -0.4 is 0 Å². The lowest BCUT2D eigenvalue weighted by atomic mass is 10.1. The van der Waals surface area contributed by atoms with Gasteiger partial charge in [-0.2, -0.15) is 0 Å². The van der Waals surface area contributed by atoms with Crippen LogP contribution in [0.15, 0.2) is 0 Å². The van der Waals surface area contributed by atoms with Crippen molar-refractivity contribution in [2.45, 2.75) is 19.4 Å². The van der Waals surface area contributed by atoms with E-state index in [1.54, 1.807) is 0 Å². The van der Waals surface area contributed by atoms with E-state index in [0.29, 0.717) is 12.5 Å². The summed E-state index contributed by atoms with van der Waals surface area (Å²) in [5.74, 6) is 0.400. The molecule has 1 saturated heterocycles. The molecule has 11 heavy (non-hydrogen) atoms. The molecule has 0 aromatic rings. The van der Waals surface area contributed by atoms with Crippen molar-refractivity contribution in [1.29, 1.82) is 0 Å². The van der Waals surface area contributed by atoms with Crippen LogP contribution in [0.25, 0.3) is 0 Å². The maximum Gasteiger partial charge on any atom is 0.235 e. The van der Waals surface area contributed by atoms with Gasteiger partial charge < -0.3 is 4.74 Å². The third-order valence-corrected chi connectivity index (χ3v) is 2.81. The maximum atomic E-state index is 10.6. The predicted molar refractivity (Wildman–Crippen MR) is 43.2 cm³/mol. The van der Waals surface area contributed by atoms with Crippen LogP contribution in [0.5, 0.6) is 0 Å². The molecular formula is C6H11ClO3S. The van der Waals surface area contributed by atoms with E-state index in [-0.39, 0.29) is 11.9 Å². The van der Waals surface area contributed by atoms with Gasteiger partial charge in [-0.3, -0.25) is 0 Å². The Kier molecular flexibility index (Phi) is 2.78. The quantitative estimate of drug-likeness (QED) is 0.622. The summed E-state index contributed by atoms with van der Waals surface area (Å²) in [4.78, 5) is 0. The van der Waals surface area contributed by atoms with E-state index in [4.69, 9.17) is 15.4 Å². The first-order chi connectivity index (χ1) is 4.97. The first-order valence-electron chi connectivity index (χ1n) is 3.51. The summed E-state index contributed by atoms with van der Waals surface area (Å²) in [5, 5.41) is 0. The van der Waals surface area contributed by atoms with E-state index in [0.717, 1.165) is 6.42 Å². The molecular weight excluding hydrogens is 188 g/mol. The van der Waals surface area contributed by atoms with Gasteiger partial charge in [0, 0.05) is 17.3 Å². The number of ether oxygens (including phenoxy) is 1. The largest absolute Gasteiger partial charge is 0.377 e. The molecule has 1 aliphatic heterocycles. The van der Waals surface area contributed by atoms with Crippen LogP contribution in [0, 0.1) is 5.92 Å². The van der Waals surface area contributed by atoms with Crippen LogP contribution in [-0.2, 0) is 13.8 Å². The minimum atomic E-state index is -3.38. The van der Waals surface area contributed by atoms with Gasteiger partial charge in [0.2, 0.25) is 9.05 Å². The Morgan fingerprint density at radius 1 is 1.64 bits per heavy atom. The highest BCUT2D eigenvalue weighted by molar-refractivity contribution is 8.13. The van der Waals surface area contributed by atoms with Gasteiger partial charge in [-0.25, -0.2) is 8.42 Å². The Bertz CT molecular complexity index is 224. The van der Waals surface area contributed by atoms with Crippen LogP contribution in [0.4, 0.5) is 0 Å². The third-order valence-electron chi connectivity index (χ3n) is 1.67. The summed E-state index contributed by atoms with van der Waals surface area (Å²) >= 11 is 0. The molecule has 3 nitrogen and oxygen atoms in total. The highest BCUT2D eigenvalue weighted by Crippen LogP contribution is 2.20. The number of rotatable bonds is 2. The lowest BCUT2D eigenvalue weighted by Crippen LogP contribution is -2.16. The molecule has 2 unspecified atom stereocenters. The summed E-state index contributed by atoms with van der Waals surface area (Å²) in [6.07, 6.45) is 0.610. The second kappa shape index (κ2) is 3.29. The fourth-order valence-corrected chi connectivity index (χ4v) is 2.32. The fraction of sp³-hybridized carbons (Fsp3) is 1.00. The van der Waals surface area contributed by atoms with E-state index in [2.05, 4.69) is 0 Å². The van der Waals surface area contributed by atoms with Gasteiger partial charge in [-0.1, -0.05) is 6.92 Å². The molecule has 0 aliphatic carbocycles. The molecule has 66 valence electrons. The normalized spacial score (nSPS) is 32.5. The van der Waals surface area contributed by atoms with Crippen molar-refractivity contribution in [3.05, 3.63) is 0 Å². The molecule has 1 heterocycles. The summed E-state index contributed by atoms with van der Waals surface area (Å²) < 4.78 is 26.3. The van der Waals surface area contributed by atoms with Crippen LogP contribution in [0.2, 0.25) is 0 Å². The van der Waals surface area contributed by atoms with E-state index in [9.17, 15) is 8.42 Å². The lowest BCUT2D eigenvalue weighted by Gasteiger charge is -2.04. The first-order valence-corrected chi connectivity index (χ1v) is 5.99. The van der Waals surface area contributed by atoms with Gasteiger partial charge in [-0.05, 0) is 12.3 Å². The van der Waals surface area contributed by atoms with Gasteiger partial charge in [0.05, 0.1) is 11.9 Å². The van der Waals surface area contributed by atoms with Crippen LogP contribution in [0.3, 0.4) is 0 Å². The molecule has 0 bridgehead atoms. The Hall–Kier alpha value is 0.200. The Labute approximate surface area is 71.1 Å². The van der Waals surface area contributed by atoms with Crippen molar-refractivity contribution in [1.82, 2.24) is 0 Å². The van der Waals surface area contributed by atoms with Crippen molar-refractivity contribution >= 4 is 19.7 Å². The Morgan fingerprint density at radius 3 is 2.64 bits per heavy atom. The summed E-state index contributed by atoms with van der Waals surface area (Å²) in [6.45, 7) is 2.68. The molecule has 0 aromatic carbocycles. The van der Waals surface area contributed by atoms with Gasteiger partial charge in [0.1, 0.15) is 0 Å². The molecule has 1 aliphatic rings. The van der Waals surface area contributed by atoms with Crippen LogP contribution in [-0.4, -0.2) is 26.9 Å². The zero-order valence-electron chi connectivity index (χ0n) is 6.29. The zero-order chi connectivity index (χ0) is 8.48. The average molecular weight is 199 g/mol. The fourth-order valence-electron chi connectivity index (χ4n) is 1.22. The van der Waals surface area contributed by atoms with Gasteiger partial charge in [-0.15, -0.1) is 0 Å². The van der Waals surface area contributed by atoms with Gasteiger partial charge >= 0.3 is 0 Å². The number of hydrogen-bond donors (Lipinski definition) is 0.